The van der Waals surface area contributed by atoms with Gasteiger partial charge < -0.3 is 0 Å². The van der Waals surface area contributed by atoms with Crippen molar-refractivity contribution >= 4 is 19.0 Å². The van der Waals surface area contributed by atoms with Crippen molar-refractivity contribution in [1.82, 2.24) is 0 Å². The molecule has 39 valence electrons. The Balaban J connectivity index is 1.80. The summed E-state index contributed by atoms with van der Waals surface area (Å²) in [6, 6.07) is 0. The number of hydrogen-bond acceptors (Lipinski definition) is 1. The highest BCUT2D eigenvalue weighted by atomic mass is 32.2. The molecule has 1 saturated heterocycles. The molecule has 0 saturated carbocycles. The minimum absolute atomic E-state index is 0.944. The summed E-state index contributed by atoms with van der Waals surface area (Å²) in [5, 5.41) is 0.944. The smallest absolute Gasteiger partial charge is 0.126 e. The first-order valence-electron chi connectivity index (χ1n) is 2.88. The highest BCUT2D eigenvalue weighted by Gasteiger charge is 2.22. The van der Waals surface area contributed by atoms with Crippen molar-refractivity contribution < 1.29 is 0 Å². The second kappa shape index (κ2) is 2.66. The Bertz CT molecular complexity index is 52.0. The van der Waals surface area contributed by atoms with E-state index in [0.717, 1.165) is 5.15 Å². The Labute approximate surface area is 50.3 Å². The zero-order valence-electron chi connectivity index (χ0n) is 4.68. The van der Waals surface area contributed by atoms with E-state index in [2.05, 4.69) is 26.0 Å². The standard InChI is InChI=1S/C5H10BS/c1-2-3-7-5-4-6-5/h5H,2-4H2,1H3. The third-order valence-corrected chi connectivity index (χ3v) is 2.42. The van der Waals surface area contributed by atoms with E-state index in [-0.39, 0.29) is 0 Å². The average Bonchev–Trinajstić information content (AvgIpc) is 2.42. The van der Waals surface area contributed by atoms with Crippen molar-refractivity contribution in [2.24, 2.45) is 0 Å². The number of hydrogen-bond donors (Lipinski definition) is 0. The van der Waals surface area contributed by atoms with Gasteiger partial charge in [-0.1, -0.05) is 13.2 Å². The highest BCUT2D eigenvalue weighted by molar-refractivity contribution is 8.02. The fourth-order valence-electron chi connectivity index (χ4n) is 0.461. The number of thioether (sulfide) groups is 1. The lowest BCUT2D eigenvalue weighted by atomic mass is 10.1. The van der Waals surface area contributed by atoms with Gasteiger partial charge in [0, 0.05) is 0 Å². The van der Waals surface area contributed by atoms with Gasteiger partial charge in [-0.25, -0.2) is 0 Å². The third kappa shape index (κ3) is 2.27. The van der Waals surface area contributed by atoms with Gasteiger partial charge in [0.25, 0.3) is 0 Å². The molecule has 2 heteroatoms. The predicted octanol–water partition coefficient (Wildman–Crippen LogP) is 1.59. The van der Waals surface area contributed by atoms with Crippen LogP contribution in [0.5, 0.6) is 0 Å². The van der Waals surface area contributed by atoms with Crippen LogP contribution in [0.3, 0.4) is 0 Å². The van der Waals surface area contributed by atoms with Crippen LogP contribution < -0.4 is 0 Å². The summed E-state index contributed by atoms with van der Waals surface area (Å²) >= 11 is 2.09. The number of rotatable bonds is 3. The first-order valence-corrected chi connectivity index (χ1v) is 3.93. The van der Waals surface area contributed by atoms with Crippen LogP contribution in [0.15, 0.2) is 0 Å². The van der Waals surface area contributed by atoms with E-state index >= 15 is 0 Å². The van der Waals surface area contributed by atoms with Crippen LogP contribution in [-0.4, -0.2) is 18.2 Å². The molecule has 0 aliphatic carbocycles. The zero-order valence-corrected chi connectivity index (χ0v) is 5.50. The molecular weight excluding hydrogens is 103 g/mol. The second-order valence-corrected chi connectivity index (χ2v) is 3.23. The zero-order chi connectivity index (χ0) is 5.11. The van der Waals surface area contributed by atoms with E-state index in [1.165, 1.54) is 18.5 Å². The SMILES string of the molecule is CCCSC1[B]C1. The summed E-state index contributed by atoms with van der Waals surface area (Å²) in [5.41, 5.74) is 0. The first-order chi connectivity index (χ1) is 3.43. The molecule has 1 fully saturated rings. The molecule has 0 spiro atoms. The molecule has 0 aromatic heterocycles. The minimum Gasteiger partial charge on any atom is -0.168 e. The van der Waals surface area contributed by atoms with Crippen molar-refractivity contribution in [3.05, 3.63) is 0 Å². The highest BCUT2D eigenvalue weighted by Crippen LogP contribution is 2.26. The van der Waals surface area contributed by atoms with E-state index in [1.54, 1.807) is 0 Å². The molecule has 7 heavy (non-hydrogen) atoms. The summed E-state index contributed by atoms with van der Waals surface area (Å²) in [6.45, 7) is 2.23. The minimum atomic E-state index is 0.944. The molecular formula is C5H10BS. The van der Waals surface area contributed by atoms with Crippen LogP contribution in [0.1, 0.15) is 13.3 Å². The molecule has 1 unspecified atom stereocenters. The average molecular weight is 113 g/mol. The van der Waals surface area contributed by atoms with Gasteiger partial charge in [0.1, 0.15) is 7.28 Å². The Morgan fingerprint density at radius 3 is 3.00 bits per heavy atom. The molecule has 0 aromatic carbocycles. The summed E-state index contributed by atoms with van der Waals surface area (Å²) < 4.78 is 0. The topological polar surface area (TPSA) is 0 Å². The molecule has 0 N–H and O–H groups in total. The monoisotopic (exact) mass is 113 g/mol. The van der Waals surface area contributed by atoms with Gasteiger partial charge in [-0.15, -0.1) is 0 Å². The largest absolute Gasteiger partial charge is 0.168 e. The quantitative estimate of drug-likeness (QED) is 0.501. The summed E-state index contributed by atoms with van der Waals surface area (Å²) in [6.07, 6.45) is 2.69. The molecule has 1 aliphatic heterocycles. The summed E-state index contributed by atoms with van der Waals surface area (Å²) in [7, 11) is 2.36. The third-order valence-electron chi connectivity index (χ3n) is 0.964. The van der Waals surface area contributed by atoms with Crippen molar-refractivity contribution in [2.45, 2.75) is 24.8 Å². The van der Waals surface area contributed by atoms with Crippen LogP contribution in [-0.2, 0) is 0 Å². The van der Waals surface area contributed by atoms with E-state index < -0.39 is 0 Å². The summed E-state index contributed by atoms with van der Waals surface area (Å²) in [4.78, 5) is 0. The Hall–Kier alpha value is 0.415. The molecule has 0 aromatic rings. The Kier molecular flexibility index (Phi) is 2.11. The van der Waals surface area contributed by atoms with E-state index in [9.17, 15) is 0 Å². The van der Waals surface area contributed by atoms with Crippen LogP contribution in [0.2, 0.25) is 6.32 Å². The predicted molar refractivity (Wildman–Crippen MR) is 37.1 cm³/mol. The van der Waals surface area contributed by atoms with Crippen molar-refractivity contribution in [2.75, 3.05) is 5.75 Å². The Morgan fingerprint density at radius 2 is 2.57 bits per heavy atom. The van der Waals surface area contributed by atoms with Crippen LogP contribution in [0.25, 0.3) is 0 Å². The fourth-order valence-corrected chi connectivity index (χ4v) is 1.38. The molecule has 1 rings (SSSR count). The van der Waals surface area contributed by atoms with Gasteiger partial charge in [0.2, 0.25) is 0 Å². The van der Waals surface area contributed by atoms with Crippen LogP contribution >= 0.6 is 11.8 Å². The van der Waals surface area contributed by atoms with Crippen molar-refractivity contribution in [3.63, 3.8) is 0 Å². The van der Waals surface area contributed by atoms with Gasteiger partial charge in [0.05, 0.1) is 0 Å². The van der Waals surface area contributed by atoms with Gasteiger partial charge in [0.15, 0.2) is 0 Å². The lowest BCUT2D eigenvalue weighted by molar-refractivity contribution is 1.11. The van der Waals surface area contributed by atoms with Crippen molar-refractivity contribution in [1.29, 1.82) is 0 Å². The summed E-state index contributed by atoms with van der Waals surface area (Å²) in [5.74, 6) is 1.35. The Morgan fingerprint density at radius 1 is 1.86 bits per heavy atom. The molecule has 1 radical (unpaired) electrons. The molecule has 0 nitrogen and oxygen atoms in total. The first kappa shape index (κ1) is 5.55. The second-order valence-electron chi connectivity index (χ2n) is 1.88. The lowest BCUT2D eigenvalue weighted by Crippen LogP contribution is -1.78. The molecule has 1 heterocycles. The van der Waals surface area contributed by atoms with E-state index in [1.807, 2.05) is 0 Å². The van der Waals surface area contributed by atoms with Crippen LogP contribution in [0, 0.1) is 0 Å². The maximum absolute atomic E-state index is 2.36. The maximum Gasteiger partial charge on any atom is 0.126 e. The van der Waals surface area contributed by atoms with Gasteiger partial charge in [-0.05, 0) is 17.3 Å². The normalized spacial score (nSPS) is 26.7. The van der Waals surface area contributed by atoms with Gasteiger partial charge in [-0.3, -0.25) is 0 Å². The van der Waals surface area contributed by atoms with Gasteiger partial charge >= 0.3 is 0 Å². The molecule has 1 atom stereocenters. The molecule has 1 aliphatic rings. The molecule has 0 amide bonds. The van der Waals surface area contributed by atoms with Gasteiger partial charge in [-0.2, -0.15) is 11.8 Å². The van der Waals surface area contributed by atoms with E-state index in [0.29, 0.717) is 0 Å². The molecule has 0 bridgehead atoms. The maximum atomic E-state index is 2.36. The van der Waals surface area contributed by atoms with Crippen molar-refractivity contribution in [3.8, 4) is 0 Å². The van der Waals surface area contributed by atoms with E-state index in [4.69, 9.17) is 0 Å². The van der Waals surface area contributed by atoms with Crippen LogP contribution in [0.4, 0.5) is 0 Å². The lowest BCUT2D eigenvalue weighted by Gasteiger charge is -1.90. The fraction of sp³-hybridized carbons (Fsp3) is 1.00.